The quantitative estimate of drug-likeness (QED) is 0.912. The van der Waals surface area contributed by atoms with Gasteiger partial charge in [0.25, 0.3) is 6.43 Å². The van der Waals surface area contributed by atoms with E-state index in [2.05, 4.69) is 25.3 Å². The van der Waals surface area contributed by atoms with Gasteiger partial charge in [0.15, 0.2) is 5.82 Å². The van der Waals surface area contributed by atoms with Gasteiger partial charge in [-0.3, -0.25) is 9.78 Å². The third-order valence-electron chi connectivity index (χ3n) is 3.32. The van der Waals surface area contributed by atoms with Crippen LogP contribution in [0.4, 0.5) is 8.78 Å². The summed E-state index contributed by atoms with van der Waals surface area (Å²) >= 11 is 0. The number of H-pyrrole nitrogens is 1. The number of aryl methyl sites for hydroxylation is 3. The van der Waals surface area contributed by atoms with E-state index in [1.165, 1.54) is 0 Å². The van der Waals surface area contributed by atoms with Crippen molar-refractivity contribution in [1.29, 1.82) is 0 Å². The molecular weight excluding hydrogens is 266 g/mol. The van der Waals surface area contributed by atoms with Gasteiger partial charge < -0.3 is 0 Å². The lowest BCUT2D eigenvalue weighted by Gasteiger charge is -2.19. The van der Waals surface area contributed by atoms with Crippen LogP contribution >= 0.6 is 0 Å². The molecule has 2 heterocycles. The summed E-state index contributed by atoms with van der Waals surface area (Å²) < 4.78 is 26.5. The lowest BCUT2D eigenvalue weighted by Crippen LogP contribution is -2.20. The van der Waals surface area contributed by atoms with Crippen LogP contribution in [-0.2, 0) is 18.9 Å². The van der Waals surface area contributed by atoms with Crippen LogP contribution in [0.1, 0.15) is 50.0 Å². The zero-order chi connectivity index (χ0) is 14.9. The van der Waals surface area contributed by atoms with Gasteiger partial charge >= 0.3 is 0 Å². The fraction of sp³-hybridized carbons (Fsp3) is 0.667. The molecule has 8 heteroatoms. The highest BCUT2D eigenvalue weighted by Gasteiger charge is 2.26. The molecule has 2 rings (SSSR count). The fourth-order valence-corrected chi connectivity index (χ4v) is 1.81. The van der Waals surface area contributed by atoms with E-state index in [1.54, 1.807) is 4.68 Å². The summed E-state index contributed by atoms with van der Waals surface area (Å²) in [6.45, 7) is 5.93. The van der Waals surface area contributed by atoms with Gasteiger partial charge in [0.2, 0.25) is 5.82 Å². The van der Waals surface area contributed by atoms with Gasteiger partial charge in [0.1, 0.15) is 11.6 Å². The summed E-state index contributed by atoms with van der Waals surface area (Å²) in [5.74, 6) is 1.59. The summed E-state index contributed by atoms with van der Waals surface area (Å²) in [5, 5.41) is 10.4. The summed E-state index contributed by atoms with van der Waals surface area (Å²) in [4.78, 5) is 8.18. The second-order valence-electron chi connectivity index (χ2n) is 5.43. The first-order valence-corrected chi connectivity index (χ1v) is 6.37. The number of aromatic amines is 1. The molecule has 1 N–H and O–H groups in total. The van der Waals surface area contributed by atoms with Gasteiger partial charge in [-0.05, 0) is 13.3 Å². The van der Waals surface area contributed by atoms with Gasteiger partial charge in [-0.15, -0.1) is 0 Å². The zero-order valence-electron chi connectivity index (χ0n) is 12.0. The highest BCUT2D eigenvalue weighted by Crippen LogP contribution is 2.25. The Morgan fingerprint density at radius 1 is 1.30 bits per heavy atom. The maximum Gasteiger partial charge on any atom is 0.299 e. The van der Waals surface area contributed by atoms with E-state index < -0.39 is 12.2 Å². The lowest BCUT2D eigenvalue weighted by atomic mass is 9.87. The van der Waals surface area contributed by atoms with E-state index in [0.29, 0.717) is 18.7 Å². The van der Waals surface area contributed by atoms with E-state index >= 15 is 0 Å². The van der Waals surface area contributed by atoms with Gasteiger partial charge in [0.05, 0.1) is 0 Å². The second-order valence-corrected chi connectivity index (χ2v) is 5.43. The highest BCUT2D eigenvalue weighted by molar-refractivity contribution is 5.06. The van der Waals surface area contributed by atoms with E-state index in [4.69, 9.17) is 0 Å². The Bertz CT molecular complexity index is 567. The van der Waals surface area contributed by atoms with E-state index in [0.717, 1.165) is 11.6 Å². The number of aromatic nitrogens is 6. The predicted octanol–water partition coefficient (Wildman–Crippen LogP) is 2.09. The third-order valence-corrected chi connectivity index (χ3v) is 3.32. The molecular formula is C12H18F2N6. The topological polar surface area (TPSA) is 72.3 Å². The molecule has 0 atom stereocenters. The number of nitrogens with one attached hydrogen (secondary N) is 1. The normalized spacial score (nSPS) is 12.3. The Hall–Kier alpha value is -1.86. The van der Waals surface area contributed by atoms with Gasteiger partial charge in [-0.1, -0.05) is 13.8 Å². The highest BCUT2D eigenvalue weighted by atomic mass is 19.3. The molecule has 20 heavy (non-hydrogen) atoms. The number of halogens is 2. The van der Waals surface area contributed by atoms with Crippen molar-refractivity contribution in [1.82, 2.24) is 29.9 Å². The van der Waals surface area contributed by atoms with E-state index in [-0.39, 0.29) is 5.41 Å². The number of hydrogen-bond donors (Lipinski definition) is 1. The first-order valence-electron chi connectivity index (χ1n) is 6.37. The van der Waals surface area contributed by atoms with Gasteiger partial charge in [-0.25, -0.2) is 18.7 Å². The SMILES string of the molecule is Cc1nc(C(C)(C)CCc2nc(C(F)F)n[nH]2)nn1C. The van der Waals surface area contributed by atoms with Crippen molar-refractivity contribution in [2.24, 2.45) is 7.05 Å². The maximum atomic E-state index is 12.4. The average Bonchev–Trinajstić information content (AvgIpc) is 2.95. The van der Waals surface area contributed by atoms with Crippen LogP contribution in [0.15, 0.2) is 0 Å². The largest absolute Gasteiger partial charge is 0.299 e. The van der Waals surface area contributed by atoms with Crippen molar-refractivity contribution in [2.75, 3.05) is 0 Å². The smallest absolute Gasteiger partial charge is 0.263 e. The minimum absolute atomic E-state index is 0.260. The van der Waals surface area contributed by atoms with Crippen LogP contribution in [-0.4, -0.2) is 29.9 Å². The average molecular weight is 284 g/mol. The van der Waals surface area contributed by atoms with Gasteiger partial charge in [-0.2, -0.15) is 10.2 Å². The van der Waals surface area contributed by atoms with Crippen molar-refractivity contribution >= 4 is 0 Å². The van der Waals surface area contributed by atoms with Crippen LogP contribution in [0.3, 0.4) is 0 Å². The minimum atomic E-state index is -2.65. The molecule has 0 saturated heterocycles. The van der Waals surface area contributed by atoms with Crippen LogP contribution < -0.4 is 0 Å². The zero-order valence-corrected chi connectivity index (χ0v) is 12.0. The minimum Gasteiger partial charge on any atom is -0.263 e. The molecule has 0 aromatic carbocycles. The molecule has 0 aliphatic heterocycles. The third kappa shape index (κ3) is 3.00. The molecule has 0 amide bonds. The fourth-order valence-electron chi connectivity index (χ4n) is 1.81. The second kappa shape index (κ2) is 5.26. The van der Waals surface area contributed by atoms with E-state index in [9.17, 15) is 8.78 Å². The molecule has 0 aliphatic rings. The standard InChI is InChI=1S/C12H18F2N6/c1-7-15-11(19-20(7)4)12(2,3)6-5-8-16-10(9(13)14)18-17-8/h9H,5-6H2,1-4H3,(H,16,17,18). The maximum absolute atomic E-state index is 12.4. The number of alkyl halides is 2. The van der Waals surface area contributed by atoms with Crippen LogP contribution in [0, 0.1) is 6.92 Å². The van der Waals surface area contributed by atoms with Crippen molar-refractivity contribution < 1.29 is 8.78 Å². The Balaban J connectivity index is 2.04. The Morgan fingerprint density at radius 2 is 2.00 bits per heavy atom. The molecule has 6 nitrogen and oxygen atoms in total. The molecule has 2 aromatic rings. The first-order chi connectivity index (χ1) is 9.29. The summed E-state index contributed by atoms with van der Waals surface area (Å²) in [6.07, 6.45) is -1.44. The number of rotatable bonds is 5. The molecule has 0 unspecified atom stereocenters. The molecule has 0 bridgehead atoms. The summed E-state index contributed by atoms with van der Waals surface area (Å²) in [7, 11) is 1.84. The molecule has 0 fully saturated rings. The number of hydrogen-bond acceptors (Lipinski definition) is 4. The van der Waals surface area contributed by atoms with Crippen LogP contribution in [0.2, 0.25) is 0 Å². The predicted molar refractivity (Wildman–Crippen MR) is 68.4 cm³/mol. The molecule has 0 aliphatic carbocycles. The van der Waals surface area contributed by atoms with E-state index in [1.807, 2.05) is 27.8 Å². The molecule has 110 valence electrons. The van der Waals surface area contributed by atoms with Crippen LogP contribution in [0.25, 0.3) is 0 Å². The van der Waals surface area contributed by atoms with Crippen molar-refractivity contribution in [2.45, 2.75) is 45.5 Å². The van der Waals surface area contributed by atoms with Crippen molar-refractivity contribution in [3.63, 3.8) is 0 Å². The molecule has 0 saturated carbocycles. The molecule has 2 aromatic heterocycles. The lowest BCUT2D eigenvalue weighted by molar-refractivity contribution is 0.140. The number of nitrogens with zero attached hydrogens (tertiary/aromatic N) is 5. The Kier molecular flexibility index (Phi) is 3.82. The van der Waals surface area contributed by atoms with Crippen LogP contribution in [0.5, 0.6) is 0 Å². The summed E-state index contributed by atoms with van der Waals surface area (Å²) in [6, 6.07) is 0. The van der Waals surface area contributed by atoms with Crippen molar-refractivity contribution in [3.05, 3.63) is 23.3 Å². The van der Waals surface area contributed by atoms with Gasteiger partial charge in [0, 0.05) is 18.9 Å². The first kappa shape index (κ1) is 14.5. The Labute approximate surface area is 115 Å². The van der Waals surface area contributed by atoms with Crippen molar-refractivity contribution in [3.8, 4) is 0 Å². The molecule has 0 radical (unpaired) electrons. The Morgan fingerprint density at radius 3 is 2.50 bits per heavy atom. The molecule has 0 spiro atoms. The summed E-state index contributed by atoms with van der Waals surface area (Å²) in [5.41, 5.74) is -0.260. The monoisotopic (exact) mass is 284 g/mol.